The number of anilines is 1. The lowest BCUT2D eigenvalue weighted by atomic mass is 9.94. The first-order valence-electron chi connectivity index (χ1n) is 6.28. The number of hydrogen-bond donors (Lipinski definition) is 3. The van der Waals surface area contributed by atoms with E-state index in [0.29, 0.717) is 0 Å². The molecule has 0 bridgehead atoms. The molecule has 0 aliphatic carbocycles. The fourth-order valence-corrected chi connectivity index (χ4v) is 1.79. The van der Waals surface area contributed by atoms with Gasteiger partial charge in [0.25, 0.3) is 5.56 Å². The summed E-state index contributed by atoms with van der Waals surface area (Å²) in [5.41, 5.74) is -1.54. The van der Waals surface area contributed by atoms with E-state index >= 15 is 0 Å². The van der Waals surface area contributed by atoms with E-state index in [4.69, 9.17) is 5.11 Å². The highest BCUT2D eigenvalue weighted by atomic mass is 16.4. The molecule has 0 aliphatic heterocycles. The normalized spacial score (nSPS) is 11.8. The molecule has 9 heteroatoms. The largest absolute Gasteiger partial charge is 0.481 e. The number of H-pyrrole nitrogens is 1. The summed E-state index contributed by atoms with van der Waals surface area (Å²) in [7, 11) is 2.89. The van der Waals surface area contributed by atoms with Crippen LogP contribution in [-0.4, -0.2) is 36.7 Å². The lowest BCUT2D eigenvalue weighted by Crippen LogP contribution is -2.36. The number of nitrogens with zero attached hydrogens (tertiary/aromatic N) is 3. The molecule has 114 valence electrons. The van der Waals surface area contributed by atoms with Crippen molar-refractivity contribution in [3.63, 3.8) is 0 Å². The molecule has 0 unspecified atom stereocenters. The predicted molar refractivity (Wildman–Crippen MR) is 76.5 cm³/mol. The fraction of sp³-hybridized carbons (Fsp3) is 0.500. The van der Waals surface area contributed by atoms with Crippen molar-refractivity contribution >= 4 is 23.1 Å². The molecule has 0 radical (unpaired) electrons. The molecule has 0 saturated carbocycles. The van der Waals surface area contributed by atoms with Crippen LogP contribution in [0.1, 0.15) is 13.8 Å². The Morgan fingerprint density at radius 1 is 1.33 bits per heavy atom. The Kier molecular flexibility index (Phi) is 3.36. The summed E-state index contributed by atoms with van der Waals surface area (Å²) in [5.74, 6) is -0.702. The maximum atomic E-state index is 12.0. The SMILES string of the molecule is Cn1c(=O)c2[nH]c(NCC(C)(C)C(=O)O)nc2n(C)c1=O. The van der Waals surface area contributed by atoms with Crippen molar-refractivity contribution < 1.29 is 9.90 Å². The van der Waals surface area contributed by atoms with Crippen molar-refractivity contribution in [1.82, 2.24) is 19.1 Å². The summed E-state index contributed by atoms with van der Waals surface area (Å²) in [6.45, 7) is 3.26. The zero-order valence-electron chi connectivity index (χ0n) is 12.2. The Morgan fingerprint density at radius 3 is 2.52 bits per heavy atom. The van der Waals surface area contributed by atoms with Crippen LogP contribution in [-0.2, 0) is 18.9 Å². The van der Waals surface area contributed by atoms with Gasteiger partial charge in [-0.1, -0.05) is 0 Å². The number of aromatic amines is 1. The van der Waals surface area contributed by atoms with E-state index in [2.05, 4.69) is 15.3 Å². The summed E-state index contributed by atoms with van der Waals surface area (Å²) in [6, 6.07) is 0. The van der Waals surface area contributed by atoms with Crippen LogP contribution in [0.25, 0.3) is 11.2 Å². The van der Waals surface area contributed by atoms with E-state index in [1.165, 1.54) is 18.7 Å². The number of imidazole rings is 1. The third-order valence-electron chi connectivity index (χ3n) is 3.37. The summed E-state index contributed by atoms with van der Waals surface area (Å²) >= 11 is 0. The van der Waals surface area contributed by atoms with E-state index in [-0.39, 0.29) is 23.7 Å². The number of rotatable bonds is 4. The Labute approximate surface area is 119 Å². The molecule has 9 nitrogen and oxygen atoms in total. The Bertz CT molecular complexity index is 827. The number of nitrogens with one attached hydrogen (secondary N) is 2. The van der Waals surface area contributed by atoms with Crippen molar-refractivity contribution in [3.8, 4) is 0 Å². The van der Waals surface area contributed by atoms with Gasteiger partial charge in [-0.3, -0.25) is 18.7 Å². The van der Waals surface area contributed by atoms with Crippen molar-refractivity contribution in [1.29, 1.82) is 0 Å². The van der Waals surface area contributed by atoms with Crippen LogP contribution in [0.15, 0.2) is 9.59 Å². The molecule has 2 aromatic heterocycles. The molecule has 3 N–H and O–H groups in total. The van der Waals surface area contributed by atoms with Crippen LogP contribution < -0.4 is 16.6 Å². The molecule has 0 spiro atoms. The third-order valence-corrected chi connectivity index (χ3v) is 3.37. The van der Waals surface area contributed by atoms with Gasteiger partial charge < -0.3 is 15.4 Å². The zero-order valence-corrected chi connectivity index (χ0v) is 12.2. The molecule has 0 atom stereocenters. The molecule has 2 rings (SSSR count). The molecule has 0 aliphatic rings. The van der Waals surface area contributed by atoms with Crippen molar-refractivity contribution in [2.75, 3.05) is 11.9 Å². The van der Waals surface area contributed by atoms with E-state index in [1.54, 1.807) is 13.8 Å². The van der Waals surface area contributed by atoms with Crippen LogP contribution in [0.3, 0.4) is 0 Å². The average Bonchev–Trinajstić information content (AvgIpc) is 2.85. The second-order valence-electron chi connectivity index (χ2n) is 5.53. The summed E-state index contributed by atoms with van der Waals surface area (Å²) < 4.78 is 2.23. The van der Waals surface area contributed by atoms with E-state index in [9.17, 15) is 14.4 Å². The molecular weight excluding hydrogens is 278 g/mol. The van der Waals surface area contributed by atoms with Gasteiger partial charge in [-0.25, -0.2) is 4.79 Å². The number of carboxylic acids is 1. The highest BCUT2D eigenvalue weighted by molar-refractivity contribution is 5.75. The third kappa shape index (κ3) is 2.41. The first-order chi connectivity index (χ1) is 9.65. The van der Waals surface area contributed by atoms with E-state index < -0.39 is 22.6 Å². The fourth-order valence-electron chi connectivity index (χ4n) is 1.79. The number of fused-ring (bicyclic) bond motifs is 1. The summed E-state index contributed by atoms with van der Waals surface area (Å²) in [6.07, 6.45) is 0. The first-order valence-corrected chi connectivity index (χ1v) is 6.28. The Morgan fingerprint density at radius 2 is 1.95 bits per heavy atom. The van der Waals surface area contributed by atoms with E-state index in [1.807, 2.05) is 0 Å². The lowest BCUT2D eigenvalue weighted by Gasteiger charge is -2.18. The van der Waals surface area contributed by atoms with Crippen LogP contribution in [0.4, 0.5) is 5.95 Å². The average molecular weight is 295 g/mol. The topological polar surface area (TPSA) is 122 Å². The van der Waals surface area contributed by atoms with Gasteiger partial charge in [0.15, 0.2) is 11.2 Å². The minimum absolute atomic E-state index is 0.121. The number of aliphatic carboxylic acids is 1. The first kappa shape index (κ1) is 14.8. The van der Waals surface area contributed by atoms with Crippen molar-refractivity contribution in [2.45, 2.75) is 13.8 Å². The molecule has 0 fully saturated rings. The van der Waals surface area contributed by atoms with Gasteiger partial charge in [0.2, 0.25) is 5.95 Å². The molecule has 0 amide bonds. The van der Waals surface area contributed by atoms with E-state index in [0.717, 1.165) is 4.57 Å². The highest BCUT2D eigenvalue weighted by Gasteiger charge is 2.27. The van der Waals surface area contributed by atoms with Gasteiger partial charge in [0, 0.05) is 20.6 Å². The minimum Gasteiger partial charge on any atom is -0.481 e. The molecular formula is C12H17N5O4. The maximum absolute atomic E-state index is 12.0. The summed E-state index contributed by atoms with van der Waals surface area (Å²) in [5, 5.41) is 11.9. The molecule has 2 aromatic rings. The Hall–Kier alpha value is -2.58. The Balaban J connectivity index is 2.43. The number of aryl methyl sites for hydroxylation is 1. The summed E-state index contributed by atoms with van der Waals surface area (Å²) in [4.78, 5) is 41.7. The number of aromatic nitrogens is 4. The van der Waals surface area contributed by atoms with Gasteiger partial charge in [-0.2, -0.15) is 4.98 Å². The zero-order chi connectivity index (χ0) is 15.9. The lowest BCUT2D eigenvalue weighted by molar-refractivity contribution is -0.146. The van der Waals surface area contributed by atoms with Crippen LogP contribution >= 0.6 is 0 Å². The molecule has 2 heterocycles. The van der Waals surface area contributed by atoms with Gasteiger partial charge >= 0.3 is 11.7 Å². The number of hydrogen-bond acceptors (Lipinski definition) is 5. The van der Waals surface area contributed by atoms with Gasteiger partial charge in [0.05, 0.1) is 5.41 Å². The smallest absolute Gasteiger partial charge is 0.332 e. The minimum atomic E-state index is -0.990. The van der Waals surface area contributed by atoms with Gasteiger partial charge in [-0.15, -0.1) is 0 Å². The van der Waals surface area contributed by atoms with Gasteiger partial charge in [-0.05, 0) is 13.8 Å². The molecule has 0 saturated heterocycles. The predicted octanol–water partition coefficient (Wildman–Crippen LogP) is -0.517. The van der Waals surface area contributed by atoms with Crippen LogP contribution in [0.2, 0.25) is 0 Å². The second kappa shape index (κ2) is 4.76. The standard InChI is InChI=1S/C12H17N5O4/c1-12(2,9(19)20)5-13-10-14-6-7(15-10)16(3)11(21)17(4)8(6)18/h5H2,1-4H3,(H,19,20)(H2,13,14,15). The second-order valence-corrected chi connectivity index (χ2v) is 5.53. The van der Waals surface area contributed by atoms with Gasteiger partial charge in [0.1, 0.15) is 0 Å². The van der Waals surface area contributed by atoms with Crippen LogP contribution in [0.5, 0.6) is 0 Å². The monoisotopic (exact) mass is 295 g/mol. The maximum Gasteiger partial charge on any atom is 0.332 e. The van der Waals surface area contributed by atoms with Crippen molar-refractivity contribution in [2.24, 2.45) is 19.5 Å². The number of carbonyl (C=O) groups is 1. The quantitative estimate of drug-likeness (QED) is 0.698. The molecule has 0 aromatic carbocycles. The number of carboxylic acid groups (broad SMARTS) is 1. The molecule has 21 heavy (non-hydrogen) atoms. The highest BCUT2D eigenvalue weighted by Crippen LogP contribution is 2.16. The van der Waals surface area contributed by atoms with Crippen LogP contribution in [0, 0.1) is 5.41 Å². The van der Waals surface area contributed by atoms with Crippen molar-refractivity contribution in [3.05, 3.63) is 20.8 Å².